The summed E-state index contributed by atoms with van der Waals surface area (Å²) in [7, 11) is 3.39. The third-order valence-electron chi connectivity index (χ3n) is 4.32. The molecule has 1 aromatic carbocycles. The Labute approximate surface area is 145 Å². The van der Waals surface area contributed by atoms with Crippen LogP contribution >= 0.6 is 0 Å². The topological polar surface area (TPSA) is 66.1 Å². The van der Waals surface area contributed by atoms with Crippen molar-refractivity contribution in [3.05, 3.63) is 51.9 Å². The van der Waals surface area contributed by atoms with E-state index in [9.17, 15) is 9.59 Å². The molecule has 1 atom stereocenters. The first-order valence-corrected chi connectivity index (χ1v) is 8.10. The molecule has 3 aromatic rings. The van der Waals surface area contributed by atoms with E-state index in [1.807, 2.05) is 25.1 Å². The lowest BCUT2D eigenvalue weighted by Crippen LogP contribution is -2.19. The van der Waals surface area contributed by atoms with Gasteiger partial charge in [-0.25, -0.2) is 4.98 Å². The van der Waals surface area contributed by atoms with Crippen LogP contribution < -0.4 is 5.56 Å². The summed E-state index contributed by atoms with van der Waals surface area (Å²) in [4.78, 5) is 27.9. The monoisotopic (exact) mass is 339 g/mol. The van der Waals surface area contributed by atoms with Crippen LogP contribution in [0.5, 0.6) is 0 Å². The van der Waals surface area contributed by atoms with Gasteiger partial charge in [0.2, 0.25) is 0 Å². The number of aldehydes is 1. The van der Waals surface area contributed by atoms with Crippen molar-refractivity contribution in [2.75, 3.05) is 13.7 Å². The summed E-state index contributed by atoms with van der Waals surface area (Å²) in [6.45, 7) is 4.34. The summed E-state index contributed by atoms with van der Waals surface area (Å²) in [6.07, 6.45) is 2.61. The van der Waals surface area contributed by atoms with Crippen molar-refractivity contribution in [1.82, 2.24) is 14.1 Å². The molecule has 0 aliphatic heterocycles. The number of imidazole rings is 1. The highest BCUT2D eigenvalue weighted by Gasteiger charge is 2.18. The smallest absolute Gasteiger partial charge is 0.253 e. The van der Waals surface area contributed by atoms with Gasteiger partial charge in [0.05, 0.1) is 23.7 Å². The number of carbonyl (C=O) groups excluding carboxylic acids is 1. The largest absolute Gasteiger partial charge is 0.383 e. The van der Waals surface area contributed by atoms with Crippen molar-refractivity contribution in [3.8, 4) is 11.4 Å². The van der Waals surface area contributed by atoms with Gasteiger partial charge in [0, 0.05) is 37.0 Å². The highest BCUT2D eigenvalue weighted by atomic mass is 16.5. The number of pyridine rings is 1. The van der Waals surface area contributed by atoms with E-state index in [1.54, 1.807) is 37.9 Å². The predicted octanol–water partition coefficient (Wildman–Crippen LogP) is 2.73. The molecule has 0 radical (unpaired) electrons. The second-order valence-electron chi connectivity index (χ2n) is 6.30. The molecule has 0 aliphatic carbocycles. The maximum atomic E-state index is 12.0. The van der Waals surface area contributed by atoms with E-state index in [2.05, 4.69) is 4.57 Å². The summed E-state index contributed by atoms with van der Waals surface area (Å²) in [5.41, 5.74) is 3.75. The highest BCUT2D eigenvalue weighted by Crippen LogP contribution is 2.29. The fraction of sp³-hybridized carbons (Fsp3) is 0.316. The molecule has 3 rings (SSSR count). The number of aryl methyl sites for hydroxylation is 2. The Bertz CT molecular complexity index is 975. The van der Waals surface area contributed by atoms with Crippen LogP contribution in [0.15, 0.2) is 35.3 Å². The molecule has 0 fully saturated rings. The third kappa shape index (κ3) is 3.00. The molecule has 0 spiro atoms. The molecule has 0 saturated heterocycles. The molecule has 0 N–H and O–H groups in total. The van der Waals surface area contributed by atoms with E-state index < -0.39 is 0 Å². The standard InChI is InChI=1S/C19H21N3O3/c1-12-7-15(9-21(3)19(12)24)18-20-16-6-5-14(10-23)8-17(16)22(18)13(2)11-25-4/h5-10,13H,11H2,1-4H3/t13-/m0/s1. The van der Waals surface area contributed by atoms with Crippen LogP contribution in [0.1, 0.15) is 28.9 Å². The van der Waals surface area contributed by atoms with E-state index in [0.717, 1.165) is 28.7 Å². The number of methoxy groups -OCH3 is 1. The zero-order valence-electron chi connectivity index (χ0n) is 14.8. The lowest BCUT2D eigenvalue weighted by Gasteiger charge is -2.17. The molecule has 6 nitrogen and oxygen atoms in total. The summed E-state index contributed by atoms with van der Waals surface area (Å²) in [6, 6.07) is 7.29. The second-order valence-corrected chi connectivity index (χ2v) is 6.30. The van der Waals surface area contributed by atoms with Gasteiger partial charge in [0.15, 0.2) is 0 Å². The minimum absolute atomic E-state index is 0.0180. The second kappa shape index (κ2) is 6.64. The van der Waals surface area contributed by atoms with Gasteiger partial charge in [-0.2, -0.15) is 0 Å². The molecule has 2 aromatic heterocycles. The molecule has 6 heteroatoms. The molecular weight excluding hydrogens is 318 g/mol. The number of ether oxygens (including phenoxy) is 1. The molecule has 0 amide bonds. The summed E-state index contributed by atoms with van der Waals surface area (Å²) >= 11 is 0. The fourth-order valence-corrected chi connectivity index (χ4v) is 3.15. The summed E-state index contributed by atoms with van der Waals surface area (Å²) in [5.74, 6) is 0.751. The Morgan fingerprint density at radius 2 is 2.08 bits per heavy atom. The van der Waals surface area contributed by atoms with E-state index in [-0.39, 0.29) is 11.6 Å². The summed E-state index contributed by atoms with van der Waals surface area (Å²) < 4.78 is 8.94. The van der Waals surface area contributed by atoms with Gasteiger partial charge < -0.3 is 13.9 Å². The maximum Gasteiger partial charge on any atom is 0.253 e. The van der Waals surface area contributed by atoms with E-state index >= 15 is 0 Å². The van der Waals surface area contributed by atoms with Gasteiger partial charge in [-0.3, -0.25) is 9.59 Å². The Kier molecular flexibility index (Phi) is 4.55. The lowest BCUT2D eigenvalue weighted by atomic mass is 10.2. The van der Waals surface area contributed by atoms with Crippen molar-refractivity contribution in [1.29, 1.82) is 0 Å². The highest BCUT2D eigenvalue weighted by molar-refractivity contribution is 5.87. The lowest BCUT2D eigenvalue weighted by molar-refractivity contribution is 0.112. The summed E-state index contributed by atoms with van der Waals surface area (Å²) in [5, 5.41) is 0. The van der Waals surface area contributed by atoms with Crippen molar-refractivity contribution in [2.24, 2.45) is 7.05 Å². The molecule has 130 valence electrons. The van der Waals surface area contributed by atoms with Gasteiger partial charge in [0.1, 0.15) is 12.1 Å². The number of benzene rings is 1. The molecule has 25 heavy (non-hydrogen) atoms. The van der Waals surface area contributed by atoms with Crippen molar-refractivity contribution in [2.45, 2.75) is 19.9 Å². The molecule has 0 unspecified atom stereocenters. The predicted molar refractivity (Wildman–Crippen MR) is 97.1 cm³/mol. The van der Waals surface area contributed by atoms with E-state index in [4.69, 9.17) is 9.72 Å². The van der Waals surface area contributed by atoms with Crippen molar-refractivity contribution in [3.63, 3.8) is 0 Å². The van der Waals surface area contributed by atoms with Crippen LogP contribution in [0.2, 0.25) is 0 Å². The average Bonchev–Trinajstić information content (AvgIpc) is 2.97. The zero-order valence-corrected chi connectivity index (χ0v) is 14.8. The maximum absolute atomic E-state index is 12.0. The molecular formula is C19H21N3O3. The van der Waals surface area contributed by atoms with Gasteiger partial charge in [-0.15, -0.1) is 0 Å². The molecule has 0 bridgehead atoms. The van der Waals surface area contributed by atoms with Gasteiger partial charge in [0.25, 0.3) is 5.56 Å². The number of hydrogen-bond acceptors (Lipinski definition) is 4. The number of fused-ring (bicyclic) bond motifs is 1. The van der Waals surface area contributed by atoms with Crippen LogP contribution in [0.3, 0.4) is 0 Å². The van der Waals surface area contributed by atoms with Crippen LogP contribution in [0.4, 0.5) is 0 Å². The minimum atomic E-state index is -0.0282. The number of carbonyl (C=O) groups is 1. The van der Waals surface area contributed by atoms with Crippen molar-refractivity contribution < 1.29 is 9.53 Å². The van der Waals surface area contributed by atoms with Crippen LogP contribution in [0, 0.1) is 6.92 Å². The fourth-order valence-electron chi connectivity index (χ4n) is 3.15. The molecule has 2 heterocycles. The number of aromatic nitrogens is 3. The number of nitrogens with zero attached hydrogens (tertiary/aromatic N) is 3. The van der Waals surface area contributed by atoms with Gasteiger partial charge in [-0.05, 0) is 38.1 Å². The number of hydrogen-bond donors (Lipinski definition) is 0. The Morgan fingerprint density at radius 1 is 1.32 bits per heavy atom. The molecule has 0 aliphatic rings. The van der Waals surface area contributed by atoms with Gasteiger partial charge in [-0.1, -0.05) is 0 Å². The van der Waals surface area contributed by atoms with Gasteiger partial charge >= 0.3 is 0 Å². The Balaban J connectivity index is 2.32. The van der Waals surface area contributed by atoms with Crippen LogP contribution in [0.25, 0.3) is 22.4 Å². The SMILES string of the molecule is COC[C@H](C)n1c(-c2cc(C)c(=O)n(C)c2)nc2ccc(C=O)cc21. The first-order chi connectivity index (χ1) is 12.0. The Hall–Kier alpha value is -2.73. The number of rotatable bonds is 5. The Morgan fingerprint density at radius 3 is 2.72 bits per heavy atom. The van der Waals surface area contributed by atoms with E-state index in [0.29, 0.717) is 17.7 Å². The molecule has 0 saturated carbocycles. The average molecular weight is 339 g/mol. The third-order valence-corrected chi connectivity index (χ3v) is 4.32. The van der Waals surface area contributed by atoms with Crippen molar-refractivity contribution >= 4 is 17.3 Å². The zero-order chi connectivity index (χ0) is 18.1. The quantitative estimate of drug-likeness (QED) is 0.671. The minimum Gasteiger partial charge on any atom is -0.383 e. The normalized spacial score (nSPS) is 12.5. The first-order valence-electron chi connectivity index (χ1n) is 8.10. The van der Waals surface area contributed by atoms with Crippen LogP contribution in [-0.4, -0.2) is 34.1 Å². The first kappa shape index (κ1) is 17.1. The van der Waals surface area contributed by atoms with E-state index in [1.165, 1.54) is 0 Å². The van der Waals surface area contributed by atoms with Crippen LogP contribution in [-0.2, 0) is 11.8 Å².